The van der Waals surface area contributed by atoms with Gasteiger partial charge in [0.05, 0.1) is 19.3 Å². The fourth-order valence-corrected chi connectivity index (χ4v) is 2.00. The molecule has 0 radical (unpaired) electrons. The number of carbonyl (C=O) groups excluding carboxylic acids is 1. The average molecular weight is 224 g/mol. The first-order valence-electron chi connectivity index (χ1n) is 5.50. The van der Waals surface area contributed by atoms with Crippen LogP contribution in [0.1, 0.15) is 23.3 Å². The highest BCUT2D eigenvalue weighted by atomic mass is 19.1. The summed E-state index contributed by atoms with van der Waals surface area (Å²) in [4.78, 5) is 16.7. The normalized spacial score (nSPS) is 20.6. The van der Waals surface area contributed by atoms with E-state index in [1.807, 2.05) is 4.90 Å². The van der Waals surface area contributed by atoms with Crippen LogP contribution in [-0.2, 0) is 4.74 Å². The second kappa shape index (κ2) is 3.59. The highest BCUT2D eigenvalue weighted by molar-refractivity contribution is 5.93. The summed E-state index contributed by atoms with van der Waals surface area (Å²) in [6.07, 6.45) is 3.30. The molecule has 1 saturated carbocycles. The minimum absolute atomic E-state index is 0.111. The number of hydrogen-bond acceptors (Lipinski definition) is 2. The van der Waals surface area contributed by atoms with E-state index in [-0.39, 0.29) is 11.9 Å². The molecule has 0 unspecified atom stereocenters. The first-order chi connectivity index (χ1) is 7.75. The van der Waals surface area contributed by atoms with Crippen LogP contribution in [0.2, 0.25) is 0 Å². The lowest BCUT2D eigenvalue weighted by molar-refractivity contribution is -0.0567. The standard InChI is InChI=1S/C11H13FN2O2/c12-7-3-10(13-4-7)11(15)14(8-1-2-8)9-5-16-6-9/h3-4,8-9,13H,1-2,5-6H2. The zero-order valence-electron chi connectivity index (χ0n) is 8.78. The van der Waals surface area contributed by atoms with Crippen LogP contribution in [0.25, 0.3) is 0 Å². The van der Waals surface area contributed by atoms with Crippen molar-refractivity contribution in [2.75, 3.05) is 13.2 Å². The van der Waals surface area contributed by atoms with E-state index >= 15 is 0 Å². The number of H-pyrrole nitrogens is 1. The second-order valence-electron chi connectivity index (χ2n) is 4.37. The molecule has 1 aromatic heterocycles. The molecular weight excluding hydrogens is 211 g/mol. The molecule has 2 fully saturated rings. The summed E-state index contributed by atoms with van der Waals surface area (Å²) in [6.45, 7) is 1.21. The molecule has 86 valence electrons. The molecule has 1 aliphatic carbocycles. The van der Waals surface area contributed by atoms with Crippen molar-refractivity contribution in [3.05, 3.63) is 23.8 Å². The Morgan fingerprint density at radius 1 is 1.44 bits per heavy atom. The van der Waals surface area contributed by atoms with E-state index in [1.165, 1.54) is 12.3 Å². The Morgan fingerprint density at radius 2 is 2.19 bits per heavy atom. The predicted molar refractivity (Wildman–Crippen MR) is 54.5 cm³/mol. The quantitative estimate of drug-likeness (QED) is 0.837. The topological polar surface area (TPSA) is 45.3 Å². The van der Waals surface area contributed by atoms with Gasteiger partial charge in [-0.1, -0.05) is 0 Å². The maximum Gasteiger partial charge on any atom is 0.271 e. The van der Waals surface area contributed by atoms with Gasteiger partial charge in [0.15, 0.2) is 0 Å². The summed E-state index contributed by atoms with van der Waals surface area (Å²) >= 11 is 0. The highest BCUT2D eigenvalue weighted by Crippen LogP contribution is 2.31. The van der Waals surface area contributed by atoms with Crippen molar-refractivity contribution in [1.82, 2.24) is 9.88 Å². The predicted octanol–water partition coefficient (Wildman–Crippen LogP) is 1.16. The van der Waals surface area contributed by atoms with E-state index < -0.39 is 5.82 Å². The molecule has 1 aromatic rings. The smallest absolute Gasteiger partial charge is 0.271 e. The van der Waals surface area contributed by atoms with Crippen molar-refractivity contribution in [2.24, 2.45) is 0 Å². The van der Waals surface area contributed by atoms with Crippen LogP contribution in [0.5, 0.6) is 0 Å². The monoisotopic (exact) mass is 224 g/mol. The van der Waals surface area contributed by atoms with Gasteiger partial charge in [0.1, 0.15) is 11.5 Å². The lowest BCUT2D eigenvalue weighted by atomic mass is 10.2. The number of ether oxygens (including phenoxy) is 1. The van der Waals surface area contributed by atoms with Crippen molar-refractivity contribution in [3.8, 4) is 0 Å². The zero-order valence-corrected chi connectivity index (χ0v) is 8.78. The maximum atomic E-state index is 12.8. The molecule has 16 heavy (non-hydrogen) atoms. The third-order valence-corrected chi connectivity index (χ3v) is 3.07. The van der Waals surface area contributed by atoms with Gasteiger partial charge in [-0.25, -0.2) is 4.39 Å². The lowest BCUT2D eigenvalue weighted by Crippen LogP contribution is -2.52. The molecule has 2 heterocycles. The van der Waals surface area contributed by atoms with Gasteiger partial charge < -0.3 is 14.6 Å². The Hall–Kier alpha value is -1.36. The summed E-state index contributed by atoms with van der Waals surface area (Å²) in [5.74, 6) is -0.511. The van der Waals surface area contributed by atoms with Gasteiger partial charge >= 0.3 is 0 Å². The summed E-state index contributed by atoms with van der Waals surface area (Å²) in [5.41, 5.74) is 0.330. The SMILES string of the molecule is O=C(c1cc(F)c[nH]1)N(C1CC1)C1COC1. The lowest BCUT2D eigenvalue weighted by Gasteiger charge is -2.37. The molecule has 0 aromatic carbocycles. The van der Waals surface area contributed by atoms with E-state index in [0.29, 0.717) is 24.9 Å². The molecule has 0 bridgehead atoms. The molecule has 1 aliphatic heterocycles. The Bertz CT molecular complexity index is 410. The molecule has 0 spiro atoms. The average Bonchev–Trinajstić information content (AvgIpc) is 2.93. The number of aromatic nitrogens is 1. The van der Waals surface area contributed by atoms with Crippen LogP contribution < -0.4 is 0 Å². The minimum atomic E-state index is -0.399. The van der Waals surface area contributed by atoms with E-state index in [9.17, 15) is 9.18 Å². The van der Waals surface area contributed by atoms with E-state index in [1.54, 1.807) is 0 Å². The Kier molecular flexibility index (Phi) is 2.21. The van der Waals surface area contributed by atoms with Crippen molar-refractivity contribution in [2.45, 2.75) is 24.9 Å². The third-order valence-electron chi connectivity index (χ3n) is 3.07. The van der Waals surface area contributed by atoms with E-state index in [4.69, 9.17) is 4.74 Å². The maximum absolute atomic E-state index is 12.8. The molecule has 2 aliphatic rings. The molecule has 0 atom stereocenters. The first-order valence-corrected chi connectivity index (χ1v) is 5.50. The molecule has 3 rings (SSSR count). The molecule has 4 nitrogen and oxygen atoms in total. The Labute approximate surface area is 92.4 Å². The number of halogens is 1. The van der Waals surface area contributed by atoms with Crippen LogP contribution in [0.3, 0.4) is 0 Å². The van der Waals surface area contributed by atoms with Crippen molar-refractivity contribution in [1.29, 1.82) is 0 Å². The molecule has 1 N–H and O–H groups in total. The van der Waals surface area contributed by atoms with Gasteiger partial charge in [0, 0.05) is 18.3 Å². The molecule has 1 saturated heterocycles. The van der Waals surface area contributed by atoms with Gasteiger partial charge in [0.2, 0.25) is 0 Å². The number of hydrogen-bond donors (Lipinski definition) is 1. The molecular formula is C11H13FN2O2. The molecule has 5 heteroatoms. The van der Waals surface area contributed by atoms with Crippen LogP contribution in [0, 0.1) is 5.82 Å². The van der Waals surface area contributed by atoms with Crippen molar-refractivity contribution in [3.63, 3.8) is 0 Å². The van der Waals surface area contributed by atoms with Crippen LogP contribution in [0.4, 0.5) is 4.39 Å². The van der Waals surface area contributed by atoms with Gasteiger partial charge in [-0.05, 0) is 12.8 Å². The van der Waals surface area contributed by atoms with Gasteiger partial charge in [-0.3, -0.25) is 4.79 Å². The third kappa shape index (κ3) is 1.61. The van der Waals surface area contributed by atoms with Crippen LogP contribution in [0.15, 0.2) is 12.3 Å². The van der Waals surface area contributed by atoms with Gasteiger partial charge in [-0.15, -0.1) is 0 Å². The number of rotatable bonds is 3. The second-order valence-corrected chi connectivity index (χ2v) is 4.37. The summed E-state index contributed by atoms with van der Waals surface area (Å²) in [6, 6.07) is 1.75. The highest BCUT2D eigenvalue weighted by Gasteiger charge is 2.40. The number of nitrogens with zero attached hydrogens (tertiary/aromatic N) is 1. The fraction of sp³-hybridized carbons (Fsp3) is 0.545. The van der Waals surface area contributed by atoms with Gasteiger partial charge in [-0.2, -0.15) is 0 Å². The summed E-state index contributed by atoms with van der Waals surface area (Å²) in [7, 11) is 0. The number of amides is 1. The zero-order chi connectivity index (χ0) is 11.1. The van der Waals surface area contributed by atoms with E-state index in [0.717, 1.165) is 12.8 Å². The number of nitrogens with one attached hydrogen (secondary N) is 1. The fourth-order valence-electron chi connectivity index (χ4n) is 2.00. The first kappa shape index (κ1) is 9.84. The Morgan fingerprint density at radius 3 is 2.62 bits per heavy atom. The van der Waals surface area contributed by atoms with Gasteiger partial charge in [0.25, 0.3) is 5.91 Å². The van der Waals surface area contributed by atoms with Crippen LogP contribution in [-0.4, -0.2) is 41.1 Å². The number of carbonyl (C=O) groups is 1. The summed E-state index contributed by atoms with van der Waals surface area (Å²) in [5, 5.41) is 0. The Balaban J connectivity index is 1.80. The molecule has 1 amide bonds. The van der Waals surface area contributed by atoms with Crippen LogP contribution >= 0.6 is 0 Å². The minimum Gasteiger partial charge on any atom is -0.377 e. The van der Waals surface area contributed by atoms with Crippen molar-refractivity contribution < 1.29 is 13.9 Å². The largest absolute Gasteiger partial charge is 0.377 e. The van der Waals surface area contributed by atoms with E-state index in [2.05, 4.69) is 4.98 Å². The summed E-state index contributed by atoms with van der Waals surface area (Å²) < 4.78 is 17.9. The number of aromatic amines is 1. The van der Waals surface area contributed by atoms with Crippen molar-refractivity contribution >= 4 is 5.91 Å².